The van der Waals surface area contributed by atoms with Crippen molar-refractivity contribution >= 4 is 27.7 Å². The van der Waals surface area contributed by atoms with Gasteiger partial charge in [0.05, 0.1) is 4.75 Å². The van der Waals surface area contributed by atoms with Gasteiger partial charge in [0.2, 0.25) is 0 Å². The van der Waals surface area contributed by atoms with Crippen LogP contribution in [0.2, 0.25) is 0 Å². The van der Waals surface area contributed by atoms with E-state index in [0.717, 1.165) is 11.5 Å². The number of aryl methyl sites for hydroxylation is 1. The fourth-order valence-electron chi connectivity index (χ4n) is 2.81. The van der Waals surface area contributed by atoms with Gasteiger partial charge < -0.3 is 4.57 Å². The van der Waals surface area contributed by atoms with Crippen molar-refractivity contribution in [1.82, 2.24) is 4.57 Å². The Bertz CT molecular complexity index is 626. The van der Waals surface area contributed by atoms with Crippen LogP contribution in [0.5, 0.6) is 0 Å². The van der Waals surface area contributed by atoms with Crippen molar-refractivity contribution in [1.29, 1.82) is 0 Å². The van der Waals surface area contributed by atoms with Gasteiger partial charge in [-0.1, -0.05) is 25.1 Å². The van der Waals surface area contributed by atoms with Crippen molar-refractivity contribution in [3.05, 3.63) is 35.5 Å². The highest BCUT2D eigenvalue weighted by atomic mass is 32.2. The van der Waals surface area contributed by atoms with Gasteiger partial charge in [0.15, 0.2) is 0 Å². The van der Waals surface area contributed by atoms with Crippen LogP contribution >= 0.6 is 11.8 Å². The first-order chi connectivity index (χ1) is 8.08. The molecule has 2 aromatic rings. The van der Waals surface area contributed by atoms with Crippen LogP contribution in [-0.4, -0.2) is 9.61 Å². The fourth-order valence-corrected chi connectivity index (χ4v) is 4.08. The van der Waals surface area contributed by atoms with Crippen LogP contribution in [0.3, 0.4) is 0 Å². The van der Waals surface area contributed by atoms with Gasteiger partial charge in [-0.3, -0.25) is 0 Å². The van der Waals surface area contributed by atoms with Crippen LogP contribution in [-0.2, 0) is 11.8 Å². The molecule has 0 saturated heterocycles. The number of para-hydroxylation sites is 1. The van der Waals surface area contributed by atoms with Crippen LogP contribution in [0, 0.1) is 0 Å². The molecule has 1 aliphatic heterocycles. The van der Waals surface area contributed by atoms with Crippen molar-refractivity contribution in [2.24, 2.45) is 7.05 Å². The number of fused-ring (bicyclic) bond motifs is 3. The summed E-state index contributed by atoms with van der Waals surface area (Å²) < 4.78 is 2.36. The first-order valence-electron chi connectivity index (χ1n) is 5.98. The summed E-state index contributed by atoms with van der Waals surface area (Å²) in [6.45, 7) is 4.53. The van der Waals surface area contributed by atoms with Gasteiger partial charge in [0.25, 0.3) is 5.04 Å². The van der Waals surface area contributed by atoms with Gasteiger partial charge in [-0.05, 0) is 31.2 Å². The zero-order valence-electron chi connectivity index (χ0n) is 10.4. The molecule has 2 N–H and O–H groups in total. The van der Waals surface area contributed by atoms with Gasteiger partial charge in [0, 0.05) is 23.5 Å². The van der Waals surface area contributed by atoms with E-state index in [1.165, 1.54) is 22.2 Å². The molecule has 0 bridgehead atoms. The van der Waals surface area contributed by atoms with Gasteiger partial charge in [-0.15, -0.1) is 0 Å². The highest BCUT2D eigenvalue weighted by Gasteiger charge is 2.44. The smallest absolute Gasteiger partial charge is 0.256 e. The Labute approximate surface area is 106 Å². The SMILES string of the molecule is CCC1(C)SC(=[NH2+])c2c1c1ccccc1n2C. The first-order valence-corrected chi connectivity index (χ1v) is 6.80. The summed E-state index contributed by atoms with van der Waals surface area (Å²) >= 11 is 1.81. The molecule has 1 atom stereocenters. The van der Waals surface area contributed by atoms with Crippen LogP contribution in [0.4, 0.5) is 0 Å². The zero-order chi connectivity index (χ0) is 12.2. The maximum atomic E-state index is 6.22. The molecule has 0 spiro atoms. The molecule has 3 rings (SSSR count). The van der Waals surface area contributed by atoms with Crippen molar-refractivity contribution in [2.45, 2.75) is 25.0 Å². The molecular weight excluding hydrogens is 228 g/mol. The number of aromatic nitrogens is 1. The standard InChI is InChI=1S/C14H16N2S/c1-4-14(2)11-9-7-5-6-8-10(9)16(3)12(11)13(15)17-14/h5-8,15H,4H2,1-3H3/p+1. The Morgan fingerprint density at radius 1 is 1.35 bits per heavy atom. The molecule has 3 heteroatoms. The number of nitrogens with zero attached hydrogens (tertiary/aromatic N) is 1. The summed E-state index contributed by atoms with van der Waals surface area (Å²) in [5.74, 6) is 0. The molecule has 1 aromatic carbocycles. The highest BCUT2D eigenvalue weighted by Crippen LogP contribution is 2.51. The number of hydrogen-bond acceptors (Lipinski definition) is 1. The Kier molecular flexibility index (Phi) is 2.17. The average molecular weight is 245 g/mol. The molecular formula is C14H17N2S+. The molecule has 0 fully saturated rings. The van der Waals surface area contributed by atoms with Crippen molar-refractivity contribution in [3.8, 4) is 0 Å². The minimum absolute atomic E-state index is 0.125. The predicted octanol–water partition coefficient (Wildman–Crippen LogP) is 2.06. The van der Waals surface area contributed by atoms with E-state index in [1.807, 2.05) is 0 Å². The molecule has 1 aliphatic rings. The lowest BCUT2D eigenvalue weighted by Crippen LogP contribution is -2.38. The Balaban J connectivity index is 2.46. The van der Waals surface area contributed by atoms with E-state index in [0.29, 0.717) is 0 Å². The third-order valence-corrected chi connectivity index (χ3v) is 5.24. The number of nitrogens with two attached hydrogens (primary N) is 1. The largest absolute Gasteiger partial charge is 0.338 e. The summed E-state index contributed by atoms with van der Waals surface area (Å²) in [5.41, 5.74) is 3.92. The van der Waals surface area contributed by atoms with Crippen LogP contribution in [0.1, 0.15) is 31.5 Å². The van der Waals surface area contributed by atoms with E-state index in [1.54, 1.807) is 11.8 Å². The van der Waals surface area contributed by atoms with Crippen molar-refractivity contribution in [3.63, 3.8) is 0 Å². The summed E-state index contributed by atoms with van der Waals surface area (Å²) in [4.78, 5) is 0. The normalized spacial score (nSPS) is 23.4. The second-order valence-corrected chi connectivity index (χ2v) is 6.40. The molecule has 1 aromatic heterocycles. The second kappa shape index (κ2) is 3.39. The number of hydrogen-bond donors (Lipinski definition) is 1. The average Bonchev–Trinajstić information content (AvgIpc) is 2.77. The minimum atomic E-state index is 0.125. The highest BCUT2D eigenvalue weighted by molar-refractivity contribution is 8.15. The second-order valence-electron chi connectivity index (χ2n) is 4.85. The van der Waals surface area contributed by atoms with E-state index in [4.69, 9.17) is 5.41 Å². The van der Waals surface area contributed by atoms with Crippen LogP contribution in [0.15, 0.2) is 24.3 Å². The molecule has 88 valence electrons. The third kappa shape index (κ3) is 1.26. The van der Waals surface area contributed by atoms with Gasteiger partial charge in [-0.2, -0.15) is 0 Å². The topological polar surface area (TPSA) is 30.5 Å². The quantitative estimate of drug-likeness (QED) is 0.819. The molecule has 0 aliphatic carbocycles. The number of thioether (sulfide) groups is 1. The zero-order valence-corrected chi connectivity index (χ0v) is 11.3. The Morgan fingerprint density at radius 2 is 2.06 bits per heavy atom. The number of rotatable bonds is 1. The maximum absolute atomic E-state index is 6.22. The molecule has 2 nitrogen and oxygen atoms in total. The molecule has 0 amide bonds. The van der Waals surface area contributed by atoms with Gasteiger partial charge in [0.1, 0.15) is 5.69 Å². The van der Waals surface area contributed by atoms with Crippen molar-refractivity contribution < 1.29 is 5.41 Å². The summed E-state index contributed by atoms with van der Waals surface area (Å²) in [5, 5.41) is 8.53. The molecule has 17 heavy (non-hydrogen) atoms. The minimum Gasteiger partial charge on any atom is -0.338 e. The third-order valence-electron chi connectivity index (χ3n) is 3.88. The van der Waals surface area contributed by atoms with E-state index >= 15 is 0 Å². The van der Waals surface area contributed by atoms with Crippen molar-refractivity contribution in [2.75, 3.05) is 0 Å². The molecule has 1 unspecified atom stereocenters. The van der Waals surface area contributed by atoms with Gasteiger partial charge in [-0.25, -0.2) is 5.41 Å². The van der Waals surface area contributed by atoms with Gasteiger partial charge >= 0.3 is 0 Å². The first kappa shape index (κ1) is 10.9. The van der Waals surface area contributed by atoms with E-state index in [9.17, 15) is 0 Å². The van der Waals surface area contributed by atoms with Crippen LogP contribution in [0.25, 0.3) is 10.9 Å². The predicted molar refractivity (Wildman–Crippen MR) is 74.2 cm³/mol. The Hall–Kier alpha value is -1.22. The van der Waals surface area contributed by atoms with Crippen LogP contribution < -0.4 is 5.41 Å². The van der Waals surface area contributed by atoms with E-state index < -0.39 is 0 Å². The molecule has 0 saturated carbocycles. The lowest BCUT2D eigenvalue weighted by atomic mass is 9.95. The Morgan fingerprint density at radius 3 is 2.76 bits per heavy atom. The molecule has 0 radical (unpaired) electrons. The number of benzene rings is 1. The maximum Gasteiger partial charge on any atom is 0.256 e. The lowest BCUT2D eigenvalue weighted by Gasteiger charge is -2.20. The summed E-state index contributed by atoms with van der Waals surface area (Å²) in [7, 11) is 2.11. The summed E-state index contributed by atoms with van der Waals surface area (Å²) in [6, 6.07) is 8.57. The van der Waals surface area contributed by atoms with E-state index in [2.05, 4.69) is 49.7 Å². The monoisotopic (exact) mass is 245 g/mol. The lowest BCUT2D eigenvalue weighted by molar-refractivity contribution is -0.107. The molecule has 2 heterocycles. The summed E-state index contributed by atoms with van der Waals surface area (Å²) in [6.07, 6.45) is 1.10. The fraction of sp³-hybridized carbons (Fsp3) is 0.357. The van der Waals surface area contributed by atoms with E-state index in [-0.39, 0.29) is 4.75 Å².